The molecule has 0 aliphatic carbocycles. The number of anilines is 3. The first kappa shape index (κ1) is 21.4. The number of nitrogens with zero attached hydrogens (tertiary/aromatic N) is 4. The van der Waals surface area contributed by atoms with Crippen LogP contribution in [0.3, 0.4) is 0 Å². The van der Waals surface area contributed by atoms with Gasteiger partial charge in [0.1, 0.15) is 10.7 Å². The summed E-state index contributed by atoms with van der Waals surface area (Å²) in [7, 11) is -2.08. The van der Waals surface area contributed by atoms with E-state index in [4.69, 9.17) is 11.6 Å². The quantitative estimate of drug-likeness (QED) is 0.263. The largest absolute Gasteiger partial charge is 0.352 e. The van der Waals surface area contributed by atoms with Gasteiger partial charge in [0.25, 0.3) is 6.43 Å². The second-order valence-electron chi connectivity index (χ2n) is 5.73. The van der Waals surface area contributed by atoms with Crippen LogP contribution in [0.25, 0.3) is 11.2 Å². The Morgan fingerprint density at radius 2 is 1.96 bits per heavy atom. The molecule has 2 aromatic heterocycles. The molecule has 0 aliphatic heterocycles. The highest BCUT2D eigenvalue weighted by atomic mass is 127. The molecule has 7 nitrogen and oxygen atoms in total. The van der Waals surface area contributed by atoms with Crippen LogP contribution in [0.4, 0.5) is 25.8 Å². The third-order valence-corrected chi connectivity index (χ3v) is 7.34. The molecule has 0 spiro atoms. The van der Waals surface area contributed by atoms with Gasteiger partial charge < -0.3 is 5.32 Å². The third-order valence-electron chi connectivity index (χ3n) is 3.90. The van der Waals surface area contributed by atoms with Gasteiger partial charge in [-0.3, -0.25) is 8.64 Å². The van der Waals surface area contributed by atoms with Crippen LogP contribution in [-0.4, -0.2) is 36.0 Å². The number of rotatable bonds is 6. The molecule has 0 saturated carbocycles. The van der Waals surface area contributed by atoms with Crippen molar-refractivity contribution in [3.63, 3.8) is 0 Å². The fourth-order valence-corrected chi connectivity index (χ4v) is 5.14. The molecule has 3 aromatic rings. The second-order valence-corrected chi connectivity index (χ2v) is 10.2. The van der Waals surface area contributed by atoms with Crippen molar-refractivity contribution in [3.8, 4) is 0 Å². The minimum Gasteiger partial charge on any atom is -0.352 e. The lowest BCUT2D eigenvalue weighted by Crippen LogP contribution is -2.25. The van der Waals surface area contributed by atoms with Crippen LogP contribution in [0, 0.1) is 0 Å². The molecule has 0 saturated heterocycles. The Labute approximate surface area is 179 Å². The number of halogens is 4. The Balaban J connectivity index is 2.17. The smallest absolute Gasteiger partial charge is 0.295 e. The number of aromatic nitrogens is 3. The van der Waals surface area contributed by atoms with Gasteiger partial charge in [0, 0.05) is 13.1 Å². The van der Waals surface area contributed by atoms with Crippen LogP contribution >= 0.6 is 40.0 Å². The molecule has 3 rings (SSSR count). The summed E-state index contributed by atoms with van der Waals surface area (Å²) < 4.78 is 53.0. The maximum absolute atomic E-state index is 13.4. The number of nitrogens with one attached hydrogen (secondary N) is 1. The number of alkyl halides is 2. The number of pyridine rings is 1. The van der Waals surface area contributed by atoms with E-state index >= 15 is 0 Å². The van der Waals surface area contributed by atoms with Crippen molar-refractivity contribution in [2.75, 3.05) is 22.9 Å². The Morgan fingerprint density at radius 1 is 1.29 bits per heavy atom. The zero-order valence-electron chi connectivity index (χ0n) is 14.5. The molecule has 2 heterocycles. The minimum absolute atomic E-state index is 0.0457. The van der Waals surface area contributed by atoms with Gasteiger partial charge in [-0.15, -0.1) is 0 Å². The molecular weight excluding hydrogens is 546 g/mol. The van der Waals surface area contributed by atoms with E-state index in [1.165, 1.54) is 17.5 Å². The van der Waals surface area contributed by atoms with E-state index in [2.05, 4.69) is 15.3 Å². The summed E-state index contributed by atoms with van der Waals surface area (Å²) in [5.41, 5.74) is 1.63. The molecule has 1 unspecified atom stereocenters. The highest BCUT2D eigenvalue weighted by Crippen LogP contribution is 2.39. The first-order chi connectivity index (χ1) is 13.1. The van der Waals surface area contributed by atoms with E-state index < -0.39 is 22.3 Å². The molecule has 0 amide bonds. The zero-order chi connectivity index (χ0) is 20.6. The third kappa shape index (κ3) is 4.17. The molecule has 0 radical (unpaired) electrons. The SMILES string of the molecule is CN(c1ccccc1Nc1cc(Cl)nc2c1nc(C(F)F)n2PI)S(C)(=O)=O. The molecule has 1 aromatic carbocycles. The average Bonchev–Trinajstić information content (AvgIpc) is 2.99. The summed E-state index contributed by atoms with van der Waals surface area (Å²) in [5, 5.41) is 3.16. The van der Waals surface area contributed by atoms with E-state index in [-0.39, 0.29) is 22.7 Å². The van der Waals surface area contributed by atoms with Gasteiger partial charge in [-0.2, -0.15) is 0 Å². The normalized spacial score (nSPS) is 12.4. The lowest BCUT2D eigenvalue weighted by Gasteiger charge is -2.21. The molecule has 0 aliphatic rings. The van der Waals surface area contributed by atoms with E-state index in [1.807, 2.05) is 22.0 Å². The molecule has 0 fully saturated rings. The van der Waals surface area contributed by atoms with Crippen molar-refractivity contribution >= 4 is 78.3 Å². The summed E-state index contributed by atoms with van der Waals surface area (Å²) in [5.74, 6) is -0.401. The summed E-state index contributed by atoms with van der Waals surface area (Å²) >= 11 is 8.06. The maximum Gasteiger partial charge on any atom is 0.295 e. The maximum atomic E-state index is 13.4. The van der Waals surface area contributed by atoms with Crippen LogP contribution in [0.5, 0.6) is 0 Å². The lowest BCUT2D eigenvalue weighted by molar-refractivity contribution is 0.140. The first-order valence-corrected chi connectivity index (χ1v) is 14.0. The second kappa shape index (κ2) is 8.21. The van der Waals surface area contributed by atoms with E-state index in [0.29, 0.717) is 17.1 Å². The van der Waals surface area contributed by atoms with Gasteiger partial charge >= 0.3 is 0 Å². The number of sulfonamides is 1. The van der Waals surface area contributed by atoms with Crippen molar-refractivity contribution < 1.29 is 17.2 Å². The molecule has 150 valence electrons. The Morgan fingerprint density at radius 3 is 2.57 bits per heavy atom. The number of benzene rings is 1. The molecule has 13 heteroatoms. The molecule has 0 bridgehead atoms. The first-order valence-electron chi connectivity index (χ1n) is 7.67. The monoisotopic (exact) mass is 559 g/mol. The van der Waals surface area contributed by atoms with Gasteiger partial charge in [-0.25, -0.2) is 27.2 Å². The average molecular weight is 560 g/mol. The fraction of sp³-hybridized carbons (Fsp3) is 0.200. The summed E-state index contributed by atoms with van der Waals surface area (Å²) in [6.45, 7) is 0. The predicted molar refractivity (Wildman–Crippen MR) is 118 cm³/mol. The highest BCUT2D eigenvalue weighted by Gasteiger charge is 2.23. The van der Waals surface area contributed by atoms with Gasteiger partial charge in [-0.05, 0) is 34.2 Å². The van der Waals surface area contributed by atoms with Crippen molar-refractivity contribution in [1.29, 1.82) is 0 Å². The predicted octanol–water partition coefficient (Wildman–Crippen LogP) is 4.95. The minimum atomic E-state index is -3.50. The van der Waals surface area contributed by atoms with Crippen LogP contribution < -0.4 is 9.62 Å². The highest BCUT2D eigenvalue weighted by molar-refractivity contribution is 14.2. The van der Waals surface area contributed by atoms with Crippen molar-refractivity contribution in [1.82, 2.24) is 14.3 Å². The van der Waals surface area contributed by atoms with Crippen molar-refractivity contribution in [2.24, 2.45) is 0 Å². The zero-order valence-corrected chi connectivity index (χ0v) is 19.2. The van der Waals surface area contributed by atoms with Crippen molar-refractivity contribution in [3.05, 3.63) is 41.3 Å². The number of imidazole rings is 1. The van der Waals surface area contributed by atoms with Crippen LogP contribution in [0.15, 0.2) is 30.3 Å². The van der Waals surface area contributed by atoms with Crippen LogP contribution in [0.2, 0.25) is 5.15 Å². The topological polar surface area (TPSA) is 80.1 Å². The Kier molecular flexibility index (Phi) is 6.28. The molecular formula is C15H14ClF2IN5O2PS. The molecule has 1 N–H and O–H groups in total. The van der Waals surface area contributed by atoms with Gasteiger partial charge in [0.2, 0.25) is 10.0 Å². The summed E-state index contributed by atoms with van der Waals surface area (Å²) in [4.78, 5) is 8.18. The Hall–Kier alpha value is -1.30. The standard InChI is InChI=1S/C15H14ClF2IN5O2PS/c1-23(28(2,25)26)10-6-4-3-5-8(10)20-9-7-11(16)21-14-12(9)22-15(13(17)18)24(14)27-19/h3-7,13,27H,1-2H3,(H,20,21). The number of para-hydroxylation sites is 2. The van der Waals surface area contributed by atoms with E-state index in [0.717, 1.165) is 10.6 Å². The van der Waals surface area contributed by atoms with Gasteiger partial charge in [-0.1, -0.05) is 23.7 Å². The summed E-state index contributed by atoms with van der Waals surface area (Å²) in [6, 6.07) is 8.17. The van der Waals surface area contributed by atoms with Gasteiger partial charge in [0.15, 0.2) is 11.5 Å². The molecule has 1 atom stereocenters. The van der Waals surface area contributed by atoms with Crippen LogP contribution in [-0.2, 0) is 10.0 Å². The van der Waals surface area contributed by atoms with Gasteiger partial charge in [0.05, 0.1) is 29.7 Å². The lowest BCUT2D eigenvalue weighted by atomic mass is 10.2. The Bertz CT molecular complexity index is 1140. The number of hydrogen-bond donors (Lipinski definition) is 1. The fourth-order valence-electron chi connectivity index (χ4n) is 2.54. The number of hydrogen-bond acceptors (Lipinski definition) is 5. The van der Waals surface area contributed by atoms with E-state index in [1.54, 1.807) is 24.3 Å². The number of fused-ring (bicyclic) bond motifs is 1. The molecule has 28 heavy (non-hydrogen) atoms. The van der Waals surface area contributed by atoms with Crippen LogP contribution in [0.1, 0.15) is 12.2 Å². The summed E-state index contributed by atoms with van der Waals surface area (Å²) in [6.07, 6.45) is -1.73. The van der Waals surface area contributed by atoms with Crippen molar-refractivity contribution in [2.45, 2.75) is 6.43 Å². The van der Waals surface area contributed by atoms with E-state index in [9.17, 15) is 17.2 Å².